The summed E-state index contributed by atoms with van der Waals surface area (Å²) < 4.78 is 60.7. The molecule has 27 nitrogen and oxygen atoms in total. The number of aliphatic hydroxyl groups is 15. The molecule has 36 atom stereocenters. The molecule has 5 aliphatic heterocycles. The van der Waals surface area contributed by atoms with Crippen molar-refractivity contribution in [2.75, 3.05) is 13.2 Å². The van der Waals surface area contributed by atoms with E-state index in [1.165, 1.54) is 19.4 Å². The number of hydrogen-bond donors (Lipinski definition) is 16. The Labute approximate surface area is 506 Å². The summed E-state index contributed by atoms with van der Waals surface area (Å²) in [7, 11) is 0. The van der Waals surface area contributed by atoms with Crippen LogP contribution in [0.3, 0.4) is 0 Å². The van der Waals surface area contributed by atoms with Crippen LogP contribution in [0.5, 0.6) is 0 Å². The van der Waals surface area contributed by atoms with Gasteiger partial charge in [0.05, 0.1) is 49.8 Å². The van der Waals surface area contributed by atoms with Crippen LogP contribution >= 0.6 is 0 Å². The Hall–Kier alpha value is -1.79. The number of ether oxygens (including phenoxy) is 10. The Morgan fingerprint density at radius 2 is 1.05 bits per heavy atom. The van der Waals surface area contributed by atoms with E-state index in [2.05, 4.69) is 33.8 Å². The monoisotopic (exact) mass is 1250 g/mol. The van der Waals surface area contributed by atoms with Crippen molar-refractivity contribution in [3.05, 3.63) is 11.6 Å². The average Bonchev–Trinajstić information content (AvgIpc) is 0.679. The van der Waals surface area contributed by atoms with E-state index in [9.17, 15) is 86.5 Å². The minimum absolute atomic E-state index is 0.0555. The molecular formula is C60H98O27. The number of aliphatic carboxylic acids is 1. The number of carboxylic acid groups (broad SMARTS) is 1. The van der Waals surface area contributed by atoms with Gasteiger partial charge in [0.15, 0.2) is 37.6 Å². The molecule has 16 N–H and O–H groups in total. The van der Waals surface area contributed by atoms with Crippen molar-refractivity contribution in [1.29, 1.82) is 0 Å². The van der Waals surface area contributed by atoms with Gasteiger partial charge >= 0.3 is 5.97 Å². The fourth-order valence-corrected chi connectivity index (χ4v) is 17.9. The van der Waals surface area contributed by atoms with Crippen molar-refractivity contribution < 1.29 is 134 Å². The zero-order chi connectivity index (χ0) is 63.9. The van der Waals surface area contributed by atoms with Crippen LogP contribution in [0.15, 0.2) is 11.6 Å². The van der Waals surface area contributed by atoms with Crippen LogP contribution in [-0.2, 0) is 52.2 Å². The maximum atomic E-state index is 12.8. The molecule has 5 aliphatic carbocycles. The molecule has 0 aromatic rings. The number of aliphatic hydroxyl groups excluding tert-OH is 15. The lowest BCUT2D eigenvalue weighted by atomic mass is 9.33. The lowest BCUT2D eigenvalue weighted by Gasteiger charge is -2.72. The predicted octanol–water partition coefficient (Wildman–Crippen LogP) is -2.62. The maximum absolute atomic E-state index is 12.8. The molecule has 0 spiro atoms. The summed E-state index contributed by atoms with van der Waals surface area (Å²) in [6, 6.07) is 0. The third-order valence-electron chi connectivity index (χ3n) is 23.8. The first-order valence-corrected chi connectivity index (χ1v) is 31.1. The van der Waals surface area contributed by atoms with Crippen LogP contribution in [0, 0.1) is 50.2 Å². The first kappa shape index (κ1) is 68.1. The van der Waals surface area contributed by atoms with Gasteiger partial charge in [-0.2, -0.15) is 0 Å². The minimum Gasteiger partial charge on any atom is -0.479 e. The van der Waals surface area contributed by atoms with Gasteiger partial charge in [-0.15, -0.1) is 0 Å². The maximum Gasteiger partial charge on any atom is 0.335 e. The van der Waals surface area contributed by atoms with Crippen molar-refractivity contribution in [1.82, 2.24) is 0 Å². The Morgan fingerprint density at radius 1 is 0.529 bits per heavy atom. The van der Waals surface area contributed by atoms with Gasteiger partial charge in [0.25, 0.3) is 0 Å². The SMILES string of the molecule is C[C@@H]1O[C@@H](OC[C@H]2O[C@@H](O[C@H]3[C@H](O[C@H]4CC[C@]5(C)C6CC=C7[C@@H]8CC(C)(C)[C@@H](O[C@@H]9O[C@@H](C)[C@@H](O)[C@@H](O)[C@H]9O)[C@@H](O)[C@]8(C)CC[C@@]7(C)[C@]6(C)CC[C@H]5[C@@]4(C)CO)O[C@H](C(=O)O)[C@@H](O)[C@@H]3O)[C@H](O[C@@H]3O[C@@H](C)[C@H](O)[C@@H](O)[C@H]3O)[C@@H](O)[C@@H]2O)[C@H](O)[C@H](O)[C@H]1O. The van der Waals surface area contributed by atoms with Crippen LogP contribution < -0.4 is 0 Å². The molecule has 0 amide bonds. The van der Waals surface area contributed by atoms with Gasteiger partial charge in [-0.1, -0.05) is 60.1 Å². The second-order valence-corrected chi connectivity index (χ2v) is 29.2. The number of carboxylic acids is 1. The molecular weight excluding hydrogens is 1150 g/mol. The average molecular weight is 1250 g/mol. The summed E-state index contributed by atoms with van der Waals surface area (Å²) in [5.74, 6) is -1.88. The van der Waals surface area contributed by atoms with Gasteiger partial charge in [0, 0.05) is 10.8 Å². The molecule has 87 heavy (non-hydrogen) atoms. The molecule has 5 heterocycles. The largest absolute Gasteiger partial charge is 0.479 e. The fraction of sp³-hybridized carbons (Fsp3) is 0.950. The Balaban J connectivity index is 0.909. The molecule has 0 radical (unpaired) electrons. The number of fused-ring (bicyclic) bond motifs is 7. The summed E-state index contributed by atoms with van der Waals surface area (Å²) in [4.78, 5) is 12.8. The second kappa shape index (κ2) is 24.5. The third kappa shape index (κ3) is 11.1. The molecule has 0 bridgehead atoms. The predicted molar refractivity (Wildman–Crippen MR) is 294 cm³/mol. The molecule has 1 unspecified atom stereocenters. The minimum atomic E-state index is -2.18. The van der Waals surface area contributed by atoms with Gasteiger partial charge in [0.2, 0.25) is 0 Å². The van der Waals surface area contributed by atoms with E-state index in [-0.39, 0.29) is 35.0 Å². The van der Waals surface area contributed by atoms with Gasteiger partial charge in [-0.3, -0.25) is 0 Å². The smallest absolute Gasteiger partial charge is 0.335 e. The highest BCUT2D eigenvalue weighted by Gasteiger charge is 2.71. The van der Waals surface area contributed by atoms with Gasteiger partial charge in [-0.25, -0.2) is 4.79 Å². The van der Waals surface area contributed by atoms with Crippen molar-refractivity contribution in [2.24, 2.45) is 50.2 Å². The van der Waals surface area contributed by atoms with E-state index in [0.29, 0.717) is 32.1 Å². The Morgan fingerprint density at radius 3 is 1.61 bits per heavy atom. The van der Waals surface area contributed by atoms with Crippen LogP contribution in [-0.4, -0.2) is 273 Å². The third-order valence-corrected chi connectivity index (χ3v) is 23.8. The molecule has 10 aliphatic rings. The van der Waals surface area contributed by atoms with E-state index >= 15 is 0 Å². The normalized spacial score (nSPS) is 56.9. The number of hydrogen-bond acceptors (Lipinski definition) is 26. The van der Waals surface area contributed by atoms with Crippen LogP contribution in [0.2, 0.25) is 0 Å². The Bertz CT molecular complexity index is 2460. The zero-order valence-electron chi connectivity index (χ0n) is 51.2. The molecule has 500 valence electrons. The van der Waals surface area contributed by atoms with Crippen molar-refractivity contribution in [2.45, 2.75) is 292 Å². The summed E-state index contributed by atoms with van der Waals surface area (Å²) in [5.41, 5.74) is -2.14. The first-order chi connectivity index (χ1) is 40.5. The standard InChI is InChI=1S/C60H98O27/c1-22-31(62)35(66)41(72)50(79-22)78-20-27-34(65)38(69)45(85-51-42(73)36(67)32(63)23(2)80-51)53(82-27)86-46-40(71)39(70)44(49(76)77)84-54(46)83-30-14-15-57(7)28(58(30,8)21-61)13-16-60(10)29(57)12-11-25-26-19-55(4,5)48(47(75)56(26,6)17-18-59(25,60)9)87-52-43(74)37(68)33(64)24(3)81-52/h11,22-24,26-48,50-54,61-75H,12-21H2,1-10H3,(H,76,77)/t22-,23-,24-,26-,27+,28+,29?,30-,31-,32-,33+,34+,35+,36+,37+,38-,39-,40-,41+,42+,43+,44-,45+,46+,47+,48-,50+,51-,52-,53-,54+,56+,57-,58+,59+,60+/m0/s1. The molecule has 27 heteroatoms. The van der Waals surface area contributed by atoms with E-state index < -0.39 is 213 Å². The summed E-state index contributed by atoms with van der Waals surface area (Å²) in [5, 5.41) is 177. The molecule has 9 fully saturated rings. The van der Waals surface area contributed by atoms with E-state index in [1.54, 1.807) is 6.92 Å². The van der Waals surface area contributed by atoms with Crippen LogP contribution in [0.25, 0.3) is 0 Å². The van der Waals surface area contributed by atoms with E-state index in [4.69, 9.17) is 47.4 Å². The number of allylic oxidation sites excluding steroid dienone is 2. The molecule has 0 aromatic carbocycles. The van der Waals surface area contributed by atoms with Crippen molar-refractivity contribution >= 4 is 5.97 Å². The summed E-state index contributed by atoms with van der Waals surface area (Å²) >= 11 is 0. The number of rotatable bonds is 13. The zero-order valence-corrected chi connectivity index (χ0v) is 51.2. The first-order valence-electron chi connectivity index (χ1n) is 31.1. The molecule has 4 saturated carbocycles. The second-order valence-electron chi connectivity index (χ2n) is 29.2. The van der Waals surface area contributed by atoms with Crippen molar-refractivity contribution in [3.8, 4) is 0 Å². The van der Waals surface area contributed by atoms with Crippen LogP contribution in [0.1, 0.15) is 121 Å². The summed E-state index contributed by atoms with van der Waals surface area (Å²) in [6.07, 6.45) is -37.7. The highest BCUT2D eigenvalue weighted by Crippen LogP contribution is 2.76. The summed E-state index contributed by atoms with van der Waals surface area (Å²) in [6.45, 7) is 18.3. The molecule has 0 aromatic heterocycles. The highest BCUT2D eigenvalue weighted by atomic mass is 16.8. The van der Waals surface area contributed by atoms with Gasteiger partial charge in [0.1, 0.15) is 97.7 Å². The lowest BCUT2D eigenvalue weighted by molar-refractivity contribution is -0.398. The molecule has 5 saturated heterocycles. The van der Waals surface area contributed by atoms with Crippen LogP contribution in [0.4, 0.5) is 0 Å². The van der Waals surface area contributed by atoms with Crippen molar-refractivity contribution in [3.63, 3.8) is 0 Å². The van der Waals surface area contributed by atoms with Gasteiger partial charge < -0.3 is 129 Å². The quantitative estimate of drug-likeness (QED) is 0.0663. The number of carbonyl (C=O) groups is 1. The van der Waals surface area contributed by atoms with Gasteiger partial charge in [-0.05, 0) is 112 Å². The lowest BCUT2D eigenvalue weighted by Crippen LogP contribution is -2.69. The fourth-order valence-electron chi connectivity index (χ4n) is 17.9. The van der Waals surface area contributed by atoms with E-state index in [1.807, 2.05) is 20.8 Å². The molecule has 10 rings (SSSR count). The van der Waals surface area contributed by atoms with E-state index in [0.717, 1.165) is 12.8 Å². The highest BCUT2D eigenvalue weighted by molar-refractivity contribution is 5.73. The topological polar surface area (TPSA) is 433 Å². The Kier molecular flexibility index (Phi) is 19.2.